The minimum Gasteiger partial charge on any atom is -0.480 e. The van der Waals surface area contributed by atoms with E-state index in [0.717, 1.165) is 0 Å². The third kappa shape index (κ3) is 12.3. The van der Waals surface area contributed by atoms with Gasteiger partial charge in [-0.1, -0.05) is 0 Å². The highest BCUT2D eigenvalue weighted by Crippen LogP contribution is 2.10. The second-order valence-corrected chi connectivity index (χ2v) is 8.14. The number of hydrogen-bond donors (Lipinski definition) is 4. The van der Waals surface area contributed by atoms with Crippen LogP contribution in [0.25, 0.3) is 0 Å². The zero-order chi connectivity index (χ0) is 25.0. The standard InChI is InChI=1S/C20H34N4O9/c1-15(25)2-3-16(20(32)33)24-10-8-22(13-18(28)29)6-4-21(12-17(26)27)5-7-23(9-11-24)14-19(30)31/h16H,2-14H2,1H3,(H,26,27)(H,28,29)(H,30,31)(H,32,33)/t16-/m1/s1. The molecule has 188 valence electrons. The number of carboxylic acids is 4. The van der Waals surface area contributed by atoms with Gasteiger partial charge >= 0.3 is 23.9 Å². The zero-order valence-corrected chi connectivity index (χ0v) is 18.9. The molecule has 0 bridgehead atoms. The number of carboxylic acid groups (broad SMARTS) is 4. The molecule has 1 aliphatic heterocycles. The molecular formula is C20H34N4O9. The number of hydrogen-bond acceptors (Lipinski definition) is 9. The van der Waals surface area contributed by atoms with E-state index in [-0.39, 0.29) is 90.6 Å². The number of rotatable bonds is 11. The van der Waals surface area contributed by atoms with Crippen LogP contribution in [0.5, 0.6) is 0 Å². The Morgan fingerprint density at radius 2 is 0.970 bits per heavy atom. The van der Waals surface area contributed by atoms with Crippen LogP contribution in [0.4, 0.5) is 0 Å². The lowest BCUT2D eigenvalue weighted by atomic mass is 10.1. The average Bonchev–Trinajstić information content (AvgIpc) is 2.67. The Hall–Kier alpha value is -2.61. The largest absolute Gasteiger partial charge is 0.480 e. The first-order valence-corrected chi connectivity index (χ1v) is 10.8. The molecule has 0 aromatic carbocycles. The van der Waals surface area contributed by atoms with Gasteiger partial charge in [0.05, 0.1) is 19.6 Å². The molecule has 13 nitrogen and oxygen atoms in total. The van der Waals surface area contributed by atoms with Gasteiger partial charge in [-0.3, -0.25) is 38.8 Å². The van der Waals surface area contributed by atoms with Gasteiger partial charge in [-0.05, 0) is 13.3 Å². The van der Waals surface area contributed by atoms with Crippen molar-refractivity contribution in [1.82, 2.24) is 19.6 Å². The second kappa shape index (κ2) is 14.5. The highest BCUT2D eigenvalue weighted by atomic mass is 16.4. The summed E-state index contributed by atoms with van der Waals surface area (Å²) in [5.41, 5.74) is 0. The molecule has 0 aliphatic carbocycles. The van der Waals surface area contributed by atoms with Crippen LogP contribution in [0.15, 0.2) is 0 Å². The van der Waals surface area contributed by atoms with Crippen molar-refractivity contribution >= 4 is 29.7 Å². The molecule has 33 heavy (non-hydrogen) atoms. The molecule has 0 aromatic heterocycles. The molecule has 1 aliphatic rings. The van der Waals surface area contributed by atoms with Crippen molar-refractivity contribution in [1.29, 1.82) is 0 Å². The Morgan fingerprint density at radius 1 is 0.636 bits per heavy atom. The highest BCUT2D eigenvalue weighted by Gasteiger charge is 2.28. The molecule has 1 rings (SSSR count). The predicted molar refractivity (Wildman–Crippen MR) is 115 cm³/mol. The monoisotopic (exact) mass is 474 g/mol. The SMILES string of the molecule is CC(=O)CC[C@H](C(=O)O)N1CCN(CC(=O)O)CCN(CC(=O)O)CCN(CC(=O)O)CC1. The van der Waals surface area contributed by atoms with E-state index in [1.807, 2.05) is 0 Å². The van der Waals surface area contributed by atoms with Crippen molar-refractivity contribution in [3.63, 3.8) is 0 Å². The van der Waals surface area contributed by atoms with Crippen molar-refractivity contribution in [2.24, 2.45) is 0 Å². The first kappa shape index (κ1) is 28.4. The van der Waals surface area contributed by atoms with E-state index in [0.29, 0.717) is 0 Å². The summed E-state index contributed by atoms with van der Waals surface area (Å²) < 4.78 is 0. The van der Waals surface area contributed by atoms with E-state index >= 15 is 0 Å². The summed E-state index contributed by atoms with van der Waals surface area (Å²) in [5.74, 6) is -4.41. The van der Waals surface area contributed by atoms with E-state index in [1.54, 1.807) is 19.6 Å². The third-order valence-electron chi connectivity index (χ3n) is 5.44. The van der Waals surface area contributed by atoms with Gasteiger partial charge in [0.2, 0.25) is 0 Å². The minimum atomic E-state index is -1.11. The van der Waals surface area contributed by atoms with E-state index in [9.17, 15) is 44.4 Å². The number of Topliss-reactive ketones (excluding diaryl/α,β-unsaturated/α-hetero) is 1. The molecule has 0 amide bonds. The fourth-order valence-electron chi connectivity index (χ4n) is 3.71. The Kier molecular flexibility index (Phi) is 12.5. The second-order valence-electron chi connectivity index (χ2n) is 8.14. The number of carbonyl (C=O) groups is 5. The fraction of sp³-hybridized carbons (Fsp3) is 0.750. The fourth-order valence-corrected chi connectivity index (χ4v) is 3.71. The summed E-state index contributed by atoms with van der Waals surface area (Å²) >= 11 is 0. The topological polar surface area (TPSA) is 179 Å². The molecule has 0 spiro atoms. The maximum Gasteiger partial charge on any atom is 0.320 e. The lowest BCUT2D eigenvalue weighted by molar-refractivity contribution is -0.145. The van der Waals surface area contributed by atoms with Crippen LogP contribution in [0.3, 0.4) is 0 Å². The number of aliphatic carboxylic acids is 4. The molecule has 13 heteroatoms. The summed E-state index contributed by atoms with van der Waals surface area (Å²) in [5, 5.41) is 37.4. The van der Waals surface area contributed by atoms with Crippen molar-refractivity contribution < 1.29 is 44.4 Å². The van der Waals surface area contributed by atoms with Gasteiger partial charge in [0, 0.05) is 58.8 Å². The van der Waals surface area contributed by atoms with E-state index in [1.165, 1.54) is 6.92 Å². The number of ketones is 1. The number of nitrogens with zero attached hydrogens (tertiary/aromatic N) is 4. The minimum absolute atomic E-state index is 0.0787. The quantitative estimate of drug-likeness (QED) is 0.266. The third-order valence-corrected chi connectivity index (χ3v) is 5.44. The normalized spacial score (nSPS) is 19.2. The first-order valence-electron chi connectivity index (χ1n) is 10.8. The predicted octanol–water partition coefficient (Wildman–Crippen LogP) is -1.72. The molecule has 1 fully saturated rings. The first-order chi connectivity index (χ1) is 15.5. The van der Waals surface area contributed by atoms with Gasteiger partial charge in [0.25, 0.3) is 0 Å². The summed E-state index contributed by atoms with van der Waals surface area (Å²) in [6.45, 7) is 2.38. The molecule has 0 radical (unpaired) electrons. The van der Waals surface area contributed by atoms with Crippen LogP contribution in [0.1, 0.15) is 19.8 Å². The van der Waals surface area contributed by atoms with E-state index in [2.05, 4.69) is 0 Å². The smallest absolute Gasteiger partial charge is 0.320 e. The van der Waals surface area contributed by atoms with Crippen LogP contribution >= 0.6 is 0 Å². The maximum atomic E-state index is 11.9. The van der Waals surface area contributed by atoms with Gasteiger partial charge in [-0.15, -0.1) is 0 Å². The molecular weight excluding hydrogens is 440 g/mol. The van der Waals surface area contributed by atoms with Crippen molar-refractivity contribution in [3.05, 3.63) is 0 Å². The molecule has 0 saturated carbocycles. The van der Waals surface area contributed by atoms with Gasteiger partial charge in [0.1, 0.15) is 11.8 Å². The molecule has 1 atom stereocenters. The van der Waals surface area contributed by atoms with Gasteiger partial charge in [-0.25, -0.2) is 0 Å². The molecule has 1 saturated heterocycles. The highest BCUT2D eigenvalue weighted by molar-refractivity contribution is 5.78. The Morgan fingerprint density at radius 3 is 1.24 bits per heavy atom. The van der Waals surface area contributed by atoms with Gasteiger partial charge in [-0.2, -0.15) is 0 Å². The lowest BCUT2D eigenvalue weighted by Gasteiger charge is -2.35. The average molecular weight is 475 g/mol. The van der Waals surface area contributed by atoms with Crippen LogP contribution < -0.4 is 0 Å². The Bertz CT molecular complexity index is 671. The van der Waals surface area contributed by atoms with Crippen molar-refractivity contribution in [2.75, 3.05) is 72.0 Å². The lowest BCUT2D eigenvalue weighted by Crippen LogP contribution is -2.51. The van der Waals surface area contributed by atoms with Crippen molar-refractivity contribution in [3.8, 4) is 0 Å². The molecule has 4 N–H and O–H groups in total. The molecule has 0 unspecified atom stereocenters. The zero-order valence-electron chi connectivity index (χ0n) is 18.9. The maximum absolute atomic E-state index is 11.9. The summed E-state index contributed by atoms with van der Waals surface area (Å²) in [6, 6.07) is -0.973. The Labute approximate surface area is 192 Å². The van der Waals surface area contributed by atoms with E-state index in [4.69, 9.17) is 0 Å². The van der Waals surface area contributed by atoms with Crippen LogP contribution in [0.2, 0.25) is 0 Å². The van der Waals surface area contributed by atoms with Crippen LogP contribution in [-0.4, -0.2) is 148 Å². The summed E-state index contributed by atoms with van der Waals surface area (Å²) in [4.78, 5) is 63.6. The van der Waals surface area contributed by atoms with Crippen LogP contribution in [0, 0.1) is 0 Å². The van der Waals surface area contributed by atoms with E-state index < -0.39 is 29.9 Å². The Balaban J connectivity index is 3.11. The molecule has 1 heterocycles. The van der Waals surface area contributed by atoms with Gasteiger partial charge in [0.15, 0.2) is 0 Å². The van der Waals surface area contributed by atoms with Gasteiger partial charge < -0.3 is 25.2 Å². The molecule has 0 aromatic rings. The van der Waals surface area contributed by atoms with Crippen LogP contribution in [-0.2, 0) is 24.0 Å². The summed E-state index contributed by atoms with van der Waals surface area (Å²) in [7, 11) is 0. The number of carbonyl (C=O) groups excluding carboxylic acids is 1. The summed E-state index contributed by atoms with van der Waals surface area (Å²) in [6.07, 6.45) is 0.171. The van der Waals surface area contributed by atoms with Crippen molar-refractivity contribution in [2.45, 2.75) is 25.8 Å².